The van der Waals surface area contributed by atoms with Crippen LogP contribution in [0.3, 0.4) is 0 Å². The second-order valence-electron chi connectivity index (χ2n) is 7.39. The van der Waals surface area contributed by atoms with Crippen LogP contribution in [0.1, 0.15) is 70.2 Å². The first-order valence-corrected chi connectivity index (χ1v) is 10.3. The molecular weight excluding hydrogens is 453 g/mol. The van der Waals surface area contributed by atoms with Gasteiger partial charge in [-0.05, 0) is 65.1 Å². The predicted octanol–water partition coefficient (Wildman–Crippen LogP) is 3.98. The minimum atomic E-state index is 0. The van der Waals surface area contributed by atoms with E-state index >= 15 is 0 Å². The summed E-state index contributed by atoms with van der Waals surface area (Å²) in [6, 6.07) is 2.06. The highest BCUT2D eigenvalue weighted by molar-refractivity contribution is 14.0. The second kappa shape index (κ2) is 13.4. The lowest BCUT2D eigenvalue weighted by Crippen LogP contribution is -2.39. The fourth-order valence-electron chi connectivity index (χ4n) is 3.55. The molecule has 2 heterocycles. The molecule has 6 nitrogen and oxygen atoms in total. The molecule has 0 aromatic carbocycles. The third-order valence-electron chi connectivity index (χ3n) is 5.40. The Hall–Kier alpha value is -0.830. The smallest absolute Gasteiger partial charge is 0.191 e. The molecule has 0 atom stereocenters. The number of likely N-dealkylation sites (tertiary alicyclic amines) is 1. The largest absolute Gasteiger partial charge is 0.359 e. The van der Waals surface area contributed by atoms with Crippen LogP contribution >= 0.6 is 24.0 Å². The van der Waals surface area contributed by atoms with Crippen molar-refractivity contribution in [2.24, 2.45) is 10.9 Å². The van der Waals surface area contributed by atoms with Crippen molar-refractivity contribution in [2.75, 3.05) is 33.2 Å². The number of halogens is 1. The number of rotatable bonds is 9. The molecule has 1 aliphatic rings. The van der Waals surface area contributed by atoms with Crippen LogP contribution < -0.4 is 10.6 Å². The molecular formula is C20H38IN5O. The van der Waals surface area contributed by atoms with Crippen molar-refractivity contribution in [1.29, 1.82) is 0 Å². The fraction of sp³-hybridized carbons (Fsp3) is 0.800. The Morgan fingerprint density at radius 2 is 1.96 bits per heavy atom. The van der Waals surface area contributed by atoms with Crippen LogP contribution in [0.25, 0.3) is 0 Å². The monoisotopic (exact) mass is 491 g/mol. The van der Waals surface area contributed by atoms with Gasteiger partial charge in [-0.1, -0.05) is 19.0 Å². The van der Waals surface area contributed by atoms with Crippen LogP contribution in [0.2, 0.25) is 0 Å². The van der Waals surface area contributed by atoms with E-state index in [0.29, 0.717) is 12.5 Å². The second-order valence-corrected chi connectivity index (χ2v) is 7.39. The summed E-state index contributed by atoms with van der Waals surface area (Å²) < 4.78 is 5.47. The Labute approximate surface area is 181 Å². The number of piperidine rings is 1. The molecule has 1 aliphatic heterocycles. The summed E-state index contributed by atoms with van der Waals surface area (Å²) in [6.45, 7) is 11.3. The summed E-state index contributed by atoms with van der Waals surface area (Å²) in [5, 5.41) is 11.0. The Kier molecular flexibility index (Phi) is 12.0. The standard InChI is InChI=1S/C20H37N5O.HI/c1-5-17(6-2)19-14-18(26-24-19)15-23-20(21-7-3)22-11-8-16-9-12-25(4)13-10-16;/h14,16-17H,5-13,15H2,1-4H3,(H2,21,22,23);1H. The summed E-state index contributed by atoms with van der Waals surface area (Å²) in [5.74, 6) is 3.01. The SMILES string of the molecule is CCNC(=NCc1cc(C(CC)CC)no1)NCCC1CCN(C)CC1.I. The van der Waals surface area contributed by atoms with E-state index in [1.165, 1.54) is 32.4 Å². The maximum Gasteiger partial charge on any atom is 0.191 e. The Balaban J connectivity index is 0.00000364. The summed E-state index contributed by atoms with van der Waals surface area (Å²) in [7, 11) is 2.21. The van der Waals surface area contributed by atoms with Crippen LogP contribution in [-0.4, -0.2) is 49.2 Å². The summed E-state index contributed by atoms with van der Waals surface area (Å²) in [6.07, 6.45) is 6.00. The number of hydrogen-bond donors (Lipinski definition) is 2. The number of guanidine groups is 1. The van der Waals surface area contributed by atoms with Crippen molar-refractivity contribution < 1.29 is 4.52 Å². The highest BCUT2D eigenvalue weighted by Crippen LogP contribution is 2.22. The van der Waals surface area contributed by atoms with Crippen molar-refractivity contribution >= 4 is 29.9 Å². The first kappa shape index (κ1) is 24.2. The van der Waals surface area contributed by atoms with Crippen LogP contribution in [0, 0.1) is 5.92 Å². The average molecular weight is 491 g/mol. The number of aliphatic imine (C=N–C) groups is 1. The summed E-state index contributed by atoms with van der Waals surface area (Å²) >= 11 is 0. The fourth-order valence-corrected chi connectivity index (χ4v) is 3.55. The summed E-state index contributed by atoms with van der Waals surface area (Å²) in [5.41, 5.74) is 1.06. The molecule has 2 N–H and O–H groups in total. The quantitative estimate of drug-likeness (QED) is 0.311. The Morgan fingerprint density at radius 1 is 1.26 bits per heavy atom. The van der Waals surface area contributed by atoms with Crippen LogP contribution in [0.4, 0.5) is 0 Å². The van der Waals surface area contributed by atoms with E-state index in [4.69, 9.17) is 4.52 Å². The van der Waals surface area contributed by atoms with E-state index < -0.39 is 0 Å². The first-order chi connectivity index (χ1) is 12.7. The molecule has 7 heteroatoms. The zero-order valence-electron chi connectivity index (χ0n) is 17.5. The van der Waals surface area contributed by atoms with Crippen molar-refractivity contribution in [2.45, 2.75) is 65.3 Å². The first-order valence-electron chi connectivity index (χ1n) is 10.3. The van der Waals surface area contributed by atoms with Gasteiger partial charge in [-0.25, -0.2) is 4.99 Å². The normalized spacial score (nSPS) is 16.4. The number of hydrogen-bond acceptors (Lipinski definition) is 4. The molecule has 0 aliphatic carbocycles. The van der Waals surface area contributed by atoms with Crippen LogP contribution in [-0.2, 0) is 6.54 Å². The van der Waals surface area contributed by atoms with E-state index in [1.54, 1.807) is 0 Å². The van der Waals surface area contributed by atoms with Gasteiger partial charge in [0.1, 0.15) is 6.54 Å². The minimum absolute atomic E-state index is 0. The topological polar surface area (TPSA) is 65.7 Å². The lowest BCUT2D eigenvalue weighted by atomic mass is 9.94. The Morgan fingerprint density at radius 3 is 2.59 bits per heavy atom. The molecule has 0 unspecified atom stereocenters. The van der Waals surface area contributed by atoms with Gasteiger partial charge in [0.25, 0.3) is 0 Å². The van der Waals surface area contributed by atoms with Crippen molar-refractivity contribution in [3.8, 4) is 0 Å². The molecule has 1 fully saturated rings. The van der Waals surface area contributed by atoms with E-state index in [0.717, 1.165) is 49.3 Å². The van der Waals surface area contributed by atoms with Crippen LogP contribution in [0.5, 0.6) is 0 Å². The molecule has 1 aromatic rings. The van der Waals surface area contributed by atoms with Gasteiger partial charge in [0.2, 0.25) is 0 Å². The number of nitrogens with one attached hydrogen (secondary N) is 2. The maximum atomic E-state index is 5.47. The number of aromatic nitrogens is 1. The van der Waals surface area contributed by atoms with Crippen LogP contribution in [0.15, 0.2) is 15.6 Å². The van der Waals surface area contributed by atoms with Gasteiger partial charge in [-0.15, -0.1) is 24.0 Å². The molecule has 0 amide bonds. The average Bonchev–Trinajstić information content (AvgIpc) is 3.11. The number of nitrogens with zero attached hydrogens (tertiary/aromatic N) is 3. The Bertz CT molecular complexity index is 536. The zero-order chi connectivity index (χ0) is 18.8. The minimum Gasteiger partial charge on any atom is -0.359 e. The summed E-state index contributed by atoms with van der Waals surface area (Å²) in [4.78, 5) is 7.07. The molecule has 0 spiro atoms. The third-order valence-corrected chi connectivity index (χ3v) is 5.40. The molecule has 27 heavy (non-hydrogen) atoms. The molecule has 2 rings (SSSR count). The van der Waals surface area contributed by atoms with E-state index in [2.05, 4.69) is 59.6 Å². The molecule has 1 aromatic heterocycles. The van der Waals surface area contributed by atoms with E-state index in [-0.39, 0.29) is 24.0 Å². The highest BCUT2D eigenvalue weighted by atomic mass is 127. The van der Waals surface area contributed by atoms with Gasteiger partial charge in [-0.3, -0.25) is 0 Å². The van der Waals surface area contributed by atoms with Gasteiger partial charge in [0, 0.05) is 25.1 Å². The predicted molar refractivity (Wildman–Crippen MR) is 123 cm³/mol. The molecule has 0 radical (unpaired) electrons. The zero-order valence-corrected chi connectivity index (χ0v) is 19.8. The van der Waals surface area contributed by atoms with Gasteiger partial charge in [0.05, 0.1) is 5.69 Å². The van der Waals surface area contributed by atoms with Crippen molar-refractivity contribution in [3.05, 3.63) is 17.5 Å². The van der Waals surface area contributed by atoms with E-state index in [9.17, 15) is 0 Å². The van der Waals surface area contributed by atoms with E-state index in [1.807, 2.05) is 0 Å². The lowest BCUT2D eigenvalue weighted by molar-refractivity contribution is 0.213. The molecule has 156 valence electrons. The van der Waals surface area contributed by atoms with Gasteiger partial charge >= 0.3 is 0 Å². The maximum absolute atomic E-state index is 5.47. The van der Waals surface area contributed by atoms with Gasteiger partial charge < -0.3 is 20.1 Å². The molecule has 0 bridgehead atoms. The third kappa shape index (κ3) is 8.37. The molecule has 0 saturated carbocycles. The van der Waals surface area contributed by atoms with Gasteiger partial charge in [-0.2, -0.15) is 0 Å². The highest BCUT2D eigenvalue weighted by Gasteiger charge is 2.16. The van der Waals surface area contributed by atoms with Crippen molar-refractivity contribution in [1.82, 2.24) is 20.7 Å². The lowest BCUT2D eigenvalue weighted by Gasteiger charge is -2.29. The molecule has 1 saturated heterocycles. The van der Waals surface area contributed by atoms with Gasteiger partial charge in [0.15, 0.2) is 11.7 Å². The van der Waals surface area contributed by atoms with Crippen molar-refractivity contribution in [3.63, 3.8) is 0 Å².